The molecule has 1 amide bonds. The van der Waals surface area contributed by atoms with Gasteiger partial charge in [-0.15, -0.1) is 11.8 Å². The van der Waals surface area contributed by atoms with E-state index < -0.39 is 0 Å². The van der Waals surface area contributed by atoms with E-state index in [2.05, 4.69) is 5.32 Å². The van der Waals surface area contributed by atoms with E-state index in [9.17, 15) is 4.79 Å². The van der Waals surface area contributed by atoms with Gasteiger partial charge in [0.1, 0.15) is 0 Å². The third kappa shape index (κ3) is 4.40. The van der Waals surface area contributed by atoms with Crippen molar-refractivity contribution in [3.05, 3.63) is 34.9 Å². The van der Waals surface area contributed by atoms with Crippen LogP contribution in [-0.4, -0.2) is 42.7 Å². The third-order valence-electron chi connectivity index (χ3n) is 3.54. The molecule has 0 aromatic heterocycles. The lowest BCUT2D eigenvalue weighted by molar-refractivity contribution is -0.129. The van der Waals surface area contributed by atoms with Gasteiger partial charge in [0.2, 0.25) is 5.91 Å². The van der Waals surface area contributed by atoms with Crippen LogP contribution < -0.4 is 5.32 Å². The van der Waals surface area contributed by atoms with Crippen LogP contribution in [0.4, 0.5) is 0 Å². The fourth-order valence-corrected chi connectivity index (χ4v) is 3.53. The van der Waals surface area contributed by atoms with Gasteiger partial charge in [0, 0.05) is 29.9 Å². The van der Waals surface area contributed by atoms with Gasteiger partial charge in [0.25, 0.3) is 0 Å². The molecule has 1 aromatic rings. The minimum atomic E-state index is 0.265. The van der Waals surface area contributed by atoms with Crippen molar-refractivity contribution in [3.63, 3.8) is 0 Å². The normalized spacial score (nSPS) is 18.5. The second-order valence-corrected chi connectivity index (χ2v) is 6.48. The molecule has 3 nitrogen and oxygen atoms in total. The summed E-state index contributed by atoms with van der Waals surface area (Å²) < 4.78 is 0. The highest BCUT2D eigenvalue weighted by Crippen LogP contribution is 2.20. The van der Waals surface area contributed by atoms with Crippen LogP contribution in [0.2, 0.25) is 5.02 Å². The first-order chi connectivity index (χ1) is 9.70. The number of nitrogens with one attached hydrogen (secondary N) is 1. The zero-order chi connectivity index (χ0) is 14.4. The first kappa shape index (κ1) is 15.7. The van der Waals surface area contributed by atoms with E-state index in [1.807, 2.05) is 36.2 Å². The second-order valence-electron chi connectivity index (χ2n) is 5.06. The van der Waals surface area contributed by atoms with Crippen LogP contribution >= 0.6 is 23.4 Å². The van der Waals surface area contributed by atoms with Crippen molar-refractivity contribution < 1.29 is 4.79 Å². The Kier molecular flexibility index (Phi) is 6.20. The Morgan fingerprint density at radius 3 is 2.90 bits per heavy atom. The van der Waals surface area contributed by atoms with Crippen molar-refractivity contribution in [2.75, 3.05) is 25.9 Å². The van der Waals surface area contributed by atoms with Crippen molar-refractivity contribution in [1.29, 1.82) is 0 Å². The minimum absolute atomic E-state index is 0.265. The Morgan fingerprint density at radius 1 is 1.45 bits per heavy atom. The monoisotopic (exact) mass is 312 g/mol. The van der Waals surface area contributed by atoms with Gasteiger partial charge in [-0.1, -0.05) is 23.7 Å². The summed E-state index contributed by atoms with van der Waals surface area (Å²) in [6.07, 6.45) is 2.24. The van der Waals surface area contributed by atoms with Crippen molar-refractivity contribution >= 4 is 29.3 Å². The fourth-order valence-electron chi connectivity index (χ4n) is 2.53. The molecule has 1 N–H and O–H groups in total. The lowest BCUT2D eigenvalue weighted by atomic mass is 10.2. The highest BCUT2D eigenvalue weighted by molar-refractivity contribution is 7.99. The molecule has 0 saturated carbocycles. The van der Waals surface area contributed by atoms with E-state index in [0.717, 1.165) is 36.7 Å². The number of nitrogens with zero attached hydrogens (tertiary/aromatic N) is 1. The Bertz CT molecular complexity index is 438. The van der Waals surface area contributed by atoms with Gasteiger partial charge < -0.3 is 10.2 Å². The summed E-state index contributed by atoms with van der Waals surface area (Å²) in [5, 5.41) is 3.92. The molecule has 0 bridgehead atoms. The van der Waals surface area contributed by atoms with Crippen molar-refractivity contribution in [1.82, 2.24) is 10.2 Å². The molecular weight excluding hydrogens is 292 g/mol. The lowest BCUT2D eigenvalue weighted by Crippen LogP contribution is -2.41. The second kappa shape index (κ2) is 7.91. The minimum Gasteiger partial charge on any atom is -0.338 e. The number of amides is 1. The number of carbonyl (C=O) groups is 1. The van der Waals surface area contributed by atoms with Gasteiger partial charge in [-0.3, -0.25) is 4.79 Å². The van der Waals surface area contributed by atoms with Gasteiger partial charge in [-0.25, -0.2) is 0 Å². The van der Waals surface area contributed by atoms with E-state index >= 15 is 0 Å². The molecule has 1 aromatic carbocycles. The van der Waals surface area contributed by atoms with Crippen LogP contribution in [0.15, 0.2) is 24.3 Å². The van der Waals surface area contributed by atoms with Crippen LogP contribution in [0.5, 0.6) is 0 Å². The van der Waals surface area contributed by atoms with Gasteiger partial charge in [0.05, 0.1) is 5.75 Å². The molecule has 1 unspecified atom stereocenters. The molecule has 2 rings (SSSR count). The molecule has 1 saturated heterocycles. The van der Waals surface area contributed by atoms with Crippen LogP contribution in [0.3, 0.4) is 0 Å². The van der Waals surface area contributed by atoms with Gasteiger partial charge in [0.15, 0.2) is 0 Å². The Hall–Kier alpha value is -0.710. The number of hydrogen-bond donors (Lipinski definition) is 1. The molecule has 1 heterocycles. The molecule has 0 aliphatic carbocycles. The standard InChI is InChI=1S/C15H21ClN2OS/c1-17-9-14-3-2-8-18(14)15(19)11-20-10-12-4-6-13(16)7-5-12/h4-7,14,17H,2-3,8-11H2,1H3. The summed E-state index contributed by atoms with van der Waals surface area (Å²) >= 11 is 7.53. The van der Waals surface area contributed by atoms with Gasteiger partial charge in [-0.05, 0) is 37.6 Å². The first-order valence-corrected chi connectivity index (χ1v) is 8.50. The summed E-state index contributed by atoms with van der Waals surface area (Å²) in [6.45, 7) is 1.81. The SMILES string of the molecule is CNCC1CCCN1C(=O)CSCc1ccc(Cl)cc1. The van der Waals surface area contributed by atoms with Crippen LogP contribution in [0, 0.1) is 0 Å². The van der Waals surface area contributed by atoms with Crippen molar-refractivity contribution in [3.8, 4) is 0 Å². The predicted octanol–water partition coefficient (Wildman–Crippen LogP) is 2.78. The smallest absolute Gasteiger partial charge is 0.232 e. The number of thioether (sulfide) groups is 1. The number of likely N-dealkylation sites (N-methyl/N-ethyl adjacent to an activating group) is 1. The Balaban J connectivity index is 1.76. The van der Waals surface area contributed by atoms with Gasteiger partial charge in [-0.2, -0.15) is 0 Å². The van der Waals surface area contributed by atoms with E-state index in [1.54, 1.807) is 11.8 Å². The van der Waals surface area contributed by atoms with Crippen LogP contribution in [0.25, 0.3) is 0 Å². The molecule has 0 radical (unpaired) electrons. The van der Waals surface area contributed by atoms with Gasteiger partial charge >= 0.3 is 0 Å². The zero-order valence-electron chi connectivity index (χ0n) is 11.8. The van der Waals surface area contributed by atoms with E-state index in [4.69, 9.17) is 11.6 Å². The van der Waals surface area contributed by atoms with Crippen molar-refractivity contribution in [2.24, 2.45) is 0 Å². The summed E-state index contributed by atoms with van der Waals surface area (Å²) in [6, 6.07) is 8.19. The Morgan fingerprint density at radius 2 is 2.20 bits per heavy atom. The number of carbonyl (C=O) groups excluding carboxylic acids is 1. The topological polar surface area (TPSA) is 32.3 Å². The molecule has 110 valence electrons. The molecule has 1 atom stereocenters. The number of rotatable bonds is 6. The van der Waals surface area contributed by atoms with E-state index in [1.165, 1.54) is 5.56 Å². The maximum atomic E-state index is 12.2. The number of halogens is 1. The maximum Gasteiger partial charge on any atom is 0.232 e. The molecule has 0 spiro atoms. The van der Waals surface area contributed by atoms with E-state index in [0.29, 0.717) is 11.8 Å². The van der Waals surface area contributed by atoms with E-state index in [-0.39, 0.29) is 5.91 Å². The molecular formula is C15H21ClN2OS. The summed E-state index contributed by atoms with van der Waals surface area (Å²) in [4.78, 5) is 14.3. The molecule has 5 heteroatoms. The largest absolute Gasteiger partial charge is 0.338 e. The lowest BCUT2D eigenvalue weighted by Gasteiger charge is -2.24. The first-order valence-electron chi connectivity index (χ1n) is 6.97. The summed E-state index contributed by atoms with van der Waals surface area (Å²) in [5.74, 6) is 1.68. The molecule has 1 aliphatic heterocycles. The molecule has 1 aliphatic rings. The zero-order valence-corrected chi connectivity index (χ0v) is 13.3. The number of likely N-dealkylation sites (tertiary alicyclic amines) is 1. The highest BCUT2D eigenvalue weighted by Gasteiger charge is 2.27. The highest BCUT2D eigenvalue weighted by atomic mass is 35.5. The fraction of sp³-hybridized carbons (Fsp3) is 0.533. The van der Waals surface area contributed by atoms with Crippen molar-refractivity contribution in [2.45, 2.75) is 24.6 Å². The average Bonchev–Trinajstić information content (AvgIpc) is 2.90. The van der Waals surface area contributed by atoms with Crippen LogP contribution in [-0.2, 0) is 10.5 Å². The number of hydrogen-bond acceptors (Lipinski definition) is 3. The summed E-state index contributed by atoms with van der Waals surface area (Å²) in [5.41, 5.74) is 1.21. The Labute approximate surface area is 130 Å². The maximum absolute atomic E-state index is 12.2. The quantitative estimate of drug-likeness (QED) is 0.876. The average molecular weight is 313 g/mol. The third-order valence-corrected chi connectivity index (χ3v) is 4.79. The molecule has 20 heavy (non-hydrogen) atoms. The van der Waals surface area contributed by atoms with Crippen LogP contribution in [0.1, 0.15) is 18.4 Å². The number of benzene rings is 1. The summed E-state index contributed by atoms with van der Waals surface area (Å²) in [7, 11) is 1.94. The predicted molar refractivity (Wildman–Crippen MR) is 86.3 cm³/mol. The molecule has 1 fully saturated rings.